The first kappa shape index (κ1) is 28.9. The van der Waals surface area contributed by atoms with E-state index < -0.39 is 35.6 Å². The maximum atomic E-state index is 14.9. The van der Waals surface area contributed by atoms with E-state index in [9.17, 15) is 18.8 Å². The predicted octanol–water partition coefficient (Wildman–Crippen LogP) is 5.70. The van der Waals surface area contributed by atoms with Gasteiger partial charge >= 0.3 is 6.09 Å². The molecule has 0 unspecified atom stereocenters. The molecule has 3 aromatic carbocycles. The maximum absolute atomic E-state index is 14.9. The van der Waals surface area contributed by atoms with Gasteiger partial charge in [-0.05, 0) is 51.1 Å². The number of nitrogens with zero attached hydrogens (tertiary/aromatic N) is 4. The van der Waals surface area contributed by atoms with E-state index in [0.717, 1.165) is 0 Å². The van der Waals surface area contributed by atoms with Gasteiger partial charge in [0.25, 0.3) is 0 Å². The van der Waals surface area contributed by atoms with Crippen molar-refractivity contribution in [1.82, 2.24) is 15.0 Å². The molecule has 0 bridgehead atoms. The highest BCUT2D eigenvalue weighted by Crippen LogP contribution is 2.39. The van der Waals surface area contributed by atoms with Crippen molar-refractivity contribution in [3.8, 4) is 16.8 Å². The molecule has 41 heavy (non-hydrogen) atoms. The number of hydrogen-bond acceptors (Lipinski definition) is 7. The lowest BCUT2D eigenvalue weighted by molar-refractivity contribution is -0.115. The highest BCUT2D eigenvalue weighted by atomic mass is 19.1. The average molecular weight is 559 g/mol. The van der Waals surface area contributed by atoms with Crippen molar-refractivity contribution in [1.29, 1.82) is 0 Å². The molecule has 1 heterocycles. The van der Waals surface area contributed by atoms with Gasteiger partial charge in [0.15, 0.2) is 5.78 Å². The fourth-order valence-electron chi connectivity index (χ4n) is 4.08. The average Bonchev–Trinajstić information content (AvgIpc) is 3.44. The van der Waals surface area contributed by atoms with Crippen molar-refractivity contribution in [2.45, 2.75) is 32.8 Å². The standard InChI is InChI=1S/C30H31FN6O4/c1-30(2,3)41-29(40)34-25-17-26(36(4)5)22(21-11-6-7-12-23(21)31)16-24(25)33-28(39)18-27(38)19-9-8-10-20(15-19)37-14-13-32-35-37/h6-17H,18H2,1-5H3,(H,33,39)(H,34,40). The minimum atomic E-state index is -0.766. The Morgan fingerprint density at radius 3 is 2.34 bits per heavy atom. The number of benzene rings is 3. The van der Waals surface area contributed by atoms with Gasteiger partial charge in [-0.1, -0.05) is 35.5 Å². The second kappa shape index (κ2) is 12.0. The number of Topliss-reactive ketones (excluding diaryl/α,β-unsaturated/α-hetero) is 1. The maximum Gasteiger partial charge on any atom is 0.412 e. The normalized spacial score (nSPS) is 11.1. The highest BCUT2D eigenvalue weighted by molar-refractivity contribution is 6.12. The number of halogens is 1. The van der Waals surface area contributed by atoms with E-state index in [2.05, 4.69) is 20.9 Å². The lowest BCUT2D eigenvalue weighted by Crippen LogP contribution is -2.28. The van der Waals surface area contributed by atoms with E-state index in [-0.39, 0.29) is 11.4 Å². The number of carbonyl (C=O) groups is 3. The van der Waals surface area contributed by atoms with Gasteiger partial charge in [-0.25, -0.2) is 13.9 Å². The van der Waals surface area contributed by atoms with Crippen LogP contribution < -0.4 is 15.5 Å². The lowest BCUT2D eigenvalue weighted by atomic mass is 10.00. The van der Waals surface area contributed by atoms with Gasteiger partial charge in [0.2, 0.25) is 5.91 Å². The van der Waals surface area contributed by atoms with Crippen LogP contribution in [-0.2, 0) is 9.53 Å². The van der Waals surface area contributed by atoms with Gasteiger partial charge in [-0.2, -0.15) is 0 Å². The zero-order valence-electron chi connectivity index (χ0n) is 23.4. The number of ether oxygens (including phenoxy) is 1. The number of carbonyl (C=O) groups excluding carboxylic acids is 3. The summed E-state index contributed by atoms with van der Waals surface area (Å²) in [4.78, 5) is 40.6. The fourth-order valence-corrected chi connectivity index (χ4v) is 4.08. The van der Waals surface area contributed by atoms with Crippen molar-refractivity contribution in [3.05, 3.63) is 84.4 Å². The Bertz CT molecular complexity index is 1580. The summed E-state index contributed by atoms with van der Waals surface area (Å²) in [6.07, 6.45) is 1.94. The van der Waals surface area contributed by atoms with Crippen LogP contribution in [0, 0.1) is 5.82 Å². The molecule has 0 saturated heterocycles. The quantitative estimate of drug-likeness (QED) is 0.210. The molecule has 0 fully saturated rings. The number of ketones is 1. The summed E-state index contributed by atoms with van der Waals surface area (Å²) >= 11 is 0. The van der Waals surface area contributed by atoms with E-state index >= 15 is 0 Å². The molecular weight excluding hydrogens is 527 g/mol. The van der Waals surface area contributed by atoms with E-state index in [1.54, 1.807) is 101 Å². The first-order valence-electron chi connectivity index (χ1n) is 12.8. The Hall–Kier alpha value is -5.06. The molecule has 0 saturated carbocycles. The van der Waals surface area contributed by atoms with Crippen molar-refractivity contribution < 1.29 is 23.5 Å². The molecule has 0 aliphatic carbocycles. The second-order valence-corrected chi connectivity index (χ2v) is 10.5. The number of rotatable bonds is 8. The van der Waals surface area contributed by atoms with Crippen molar-refractivity contribution in [2.75, 3.05) is 29.6 Å². The molecule has 0 radical (unpaired) electrons. The largest absolute Gasteiger partial charge is 0.444 e. The van der Waals surface area contributed by atoms with Gasteiger partial charge in [0, 0.05) is 36.5 Å². The summed E-state index contributed by atoms with van der Waals surface area (Å²) in [5.74, 6) is -1.50. The van der Waals surface area contributed by atoms with Gasteiger partial charge in [-0.3, -0.25) is 14.9 Å². The van der Waals surface area contributed by atoms with Crippen LogP contribution in [0.25, 0.3) is 16.8 Å². The molecule has 0 aliphatic rings. The fraction of sp³-hybridized carbons (Fsp3) is 0.233. The Kier molecular flexibility index (Phi) is 8.46. The van der Waals surface area contributed by atoms with Crippen molar-refractivity contribution in [3.63, 3.8) is 0 Å². The van der Waals surface area contributed by atoms with Crippen LogP contribution in [0.4, 0.5) is 26.2 Å². The Morgan fingerprint density at radius 2 is 1.68 bits per heavy atom. The van der Waals surface area contributed by atoms with Crippen LogP contribution in [0.3, 0.4) is 0 Å². The Balaban J connectivity index is 1.66. The summed E-state index contributed by atoms with van der Waals surface area (Å²) in [6.45, 7) is 5.18. The van der Waals surface area contributed by atoms with Crippen LogP contribution in [0.5, 0.6) is 0 Å². The van der Waals surface area contributed by atoms with E-state index in [1.165, 1.54) is 16.9 Å². The molecule has 0 atom stereocenters. The van der Waals surface area contributed by atoms with E-state index in [0.29, 0.717) is 28.1 Å². The zero-order chi connectivity index (χ0) is 29.7. The molecular formula is C30H31FN6O4. The van der Waals surface area contributed by atoms with E-state index in [4.69, 9.17) is 4.74 Å². The minimum Gasteiger partial charge on any atom is -0.444 e. The summed E-state index contributed by atoms with van der Waals surface area (Å²) in [5, 5.41) is 13.1. The van der Waals surface area contributed by atoms with Gasteiger partial charge in [-0.15, -0.1) is 5.10 Å². The molecule has 0 spiro atoms. The molecule has 0 aliphatic heterocycles. The molecule has 10 nitrogen and oxygen atoms in total. The molecule has 11 heteroatoms. The summed E-state index contributed by atoms with van der Waals surface area (Å²) in [5.41, 5.74) is 1.92. The molecule has 1 aromatic heterocycles. The van der Waals surface area contributed by atoms with Gasteiger partial charge < -0.3 is 15.0 Å². The van der Waals surface area contributed by atoms with Gasteiger partial charge in [0.1, 0.15) is 11.4 Å². The summed E-state index contributed by atoms with van der Waals surface area (Å²) in [6, 6.07) is 16.1. The first-order valence-corrected chi connectivity index (χ1v) is 12.8. The molecule has 4 aromatic rings. The molecule has 2 amide bonds. The number of anilines is 3. The van der Waals surface area contributed by atoms with Crippen molar-refractivity contribution in [2.24, 2.45) is 0 Å². The third kappa shape index (κ3) is 7.33. The summed E-state index contributed by atoms with van der Waals surface area (Å²) in [7, 11) is 3.56. The highest BCUT2D eigenvalue weighted by Gasteiger charge is 2.22. The number of aromatic nitrogens is 3. The van der Waals surface area contributed by atoms with Crippen molar-refractivity contribution >= 4 is 34.8 Å². The third-order valence-corrected chi connectivity index (χ3v) is 5.87. The smallest absolute Gasteiger partial charge is 0.412 e. The number of hydrogen-bond donors (Lipinski definition) is 2. The number of amides is 2. The van der Waals surface area contributed by atoms with Crippen LogP contribution in [0.2, 0.25) is 0 Å². The SMILES string of the molecule is CN(C)c1cc(NC(=O)OC(C)(C)C)c(NC(=O)CC(=O)c2cccc(-n3ccnn3)c2)cc1-c1ccccc1F. The van der Waals surface area contributed by atoms with Crippen LogP contribution in [0.1, 0.15) is 37.6 Å². The summed E-state index contributed by atoms with van der Waals surface area (Å²) < 4.78 is 21.8. The molecule has 2 N–H and O–H groups in total. The van der Waals surface area contributed by atoms with Gasteiger partial charge in [0.05, 0.1) is 35.9 Å². The number of nitrogens with one attached hydrogen (secondary N) is 2. The Labute approximate surface area is 237 Å². The predicted molar refractivity (Wildman–Crippen MR) is 155 cm³/mol. The lowest BCUT2D eigenvalue weighted by Gasteiger charge is -2.24. The Morgan fingerprint density at radius 1 is 0.951 bits per heavy atom. The zero-order valence-corrected chi connectivity index (χ0v) is 23.4. The monoisotopic (exact) mass is 558 g/mol. The second-order valence-electron chi connectivity index (χ2n) is 10.5. The minimum absolute atomic E-state index is 0.175. The van der Waals surface area contributed by atoms with Crippen LogP contribution in [-0.4, -0.2) is 52.5 Å². The first-order chi connectivity index (χ1) is 19.4. The molecule has 4 rings (SSSR count). The van der Waals surface area contributed by atoms with E-state index in [1.807, 2.05) is 0 Å². The van der Waals surface area contributed by atoms with Crippen LogP contribution >= 0.6 is 0 Å². The third-order valence-electron chi connectivity index (χ3n) is 5.87. The van der Waals surface area contributed by atoms with Crippen LogP contribution in [0.15, 0.2) is 73.1 Å². The molecule has 212 valence electrons. The topological polar surface area (TPSA) is 118 Å².